The number of hydrogen-bond acceptors (Lipinski definition) is 6. The van der Waals surface area contributed by atoms with Gasteiger partial charge >= 0.3 is 0 Å². The molecule has 1 aromatic carbocycles. The van der Waals surface area contributed by atoms with E-state index in [0.717, 1.165) is 26.8 Å². The number of carbonyl (C=O) groups is 2. The van der Waals surface area contributed by atoms with E-state index in [1.54, 1.807) is 40.2 Å². The SMILES string of the molecule is Cc1cccc(-c2sc(C)nc2C(=O)N2CCSC2CNC(=O)c2cnn(C(C)C)c2)c1. The minimum absolute atomic E-state index is 0.0808. The van der Waals surface area contributed by atoms with Crippen molar-refractivity contribution in [1.82, 2.24) is 25.0 Å². The quantitative estimate of drug-likeness (QED) is 0.587. The molecule has 1 aliphatic heterocycles. The molecule has 2 aromatic heterocycles. The van der Waals surface area contributed by atoms with Crippen LogP contribution in [0.15, 0.2) is 36.7 Å². The summed E-state index contributed by atoms with van der Waals surface area (Å²) in [6.07, 6.45) is 3.32. The Morgan fingerprint density at radius 3 is 2.81 bits per heavy atom. The number of carbonyl (C=O) groups excluding carboxylic acids is 2. The molecule has 0 aliphatic carbocycles. The monoisotopic (exact) mass is 469 g/mol. The van der Waals surface area contributed by atoms with Gasteiger partial charge in [-0.25, -0.2) is 4.98 Å². The van der Waals surface area contributed by atoms with E-state index in [0.29, 0.717) is 24.3 Å². The van der Waals surface area contributed by atoms with Crippen LogP contribution in [0.1, 0.15) is 51.3 Å². The van der Waals surface area contributed by atoms with Crippen molar-refractivity contribution in [2.75, 3.05) is 18.8 Å². The summed E-state index contributed by atoms with van der Waals surface area (Å²) in [7, 11) is 0. The first-order chi connectivity index (χ1) is 15.3. The summed E-state index contributed by atoms with van der Waals surface area (Å²) < 4.78 is 1.76. The van der Waals surface area contributed by atoms with Crippen molar-refractivity contribution in [1.29, 1.82) is 0 Å². The van der Waals surface area contributed by atoms with Gasteiger partial charge in [-0.1, -0.05) is 29.8 Å². The number of thioether (sulfide) groups is 1. The molecular weight excluding hydrogens is 442 g/mol. The average molecular weight is 470 g/mol. The Hall–Kier alpha value is -2.65. The molecule has 1 atom stereocenters. The molecule has 1 N–H and O–H groups in total. The Kier molecular flexibility index (Phi) is 6.66. The molecule has 1 unspecified atom stereocenters. The van der Waals surface area contributed by atoms with Crippen LogP contribution in [-0.2, 0) is 0 Å². The van der Waals surface area contributed by atoms with Gasteiger partial charge in [-0.15, -0.1) is 23.1 Å². The van der Waals surface area contributed by atoms with Gasteiger partial charge in [0.2, 0.25) is 0 Å². The molecule has 168 valence electrons. The van der Waals surface area contributed by atoms with Crippen LogP contribution < -0.4 is 5.32 Å². The van der Waals surface area contributed by atoms with E-state index in [1.165, 1.54) is 0 Å². The topological polar surface area (TPSA) is 80.1 Å². The molecule has 3 heterocycles. The fourth-order valence-electron chi connectivity index (χ4n) is 3.63. The Balaban J connectivity index is 1.48. The van der Waals surface area contributed by atoms with Gasteiger partial charge < -0.3 is 10.2 Å². The van der Waals surface area contributed by atoms with E-state index in [9.17, 15) is 9.59 Å². The number of benzene rings is 1. The maximum atomic E-state index is 13.5. The highest BCUT2D eigenvalue weighted by Crippen LogP contribution is 2.33. The normalized spacial score (nSPS) is 16.0. The smallest absolute Gasteiger partial charge is 0.274 e. The lowest BCUT2D eigenvalue weighted by molar-refractivity contribution is 0.0747. The van der Waals surface area contributed by atoms with Crippen molar-refractivity contribution in [3.8, 4) is 10.4 Å². The lowest BCUT2D eigenvalue weighted by atomic mass is 10.1. The van der Waals surface area contributed by atoms with Crippen LogP contribution in [0.25, 0.3) is 10.4 Å². The first kappa shape index (κ1) is 22.5. The average Bonchev–Trinajstić information content (AvgIpc) is 3.50. The predicted molar refractivity (Wildman–Crippen MR) is 129 cm³/mol. The number of amides is 2. The standard InChI is InChI=1S/C23H27N5O2S2/c1-14(2)28-13-18(11-25-28)22(29)24-12-19-27(8-9-31-19)23(30)20-21(32-16(4)26-20)17-7-5-6-15(3)10-17/h5-7,10-11,13-14,19H,8-9,12H2,1-4H3,(H,24,29). The van der Waals surface area contributed by atoms with Gasteiger partial charge in [-0.05, 0) is 33.3 Å². The first-order valence-corrected chi connectivity index (χ1v) is 12.5. The van der Waals surface area contributed by atoms with E-state index < -0.39 is 0 Å². The van der Waals surface area contributed by atoms with Gasteiger partial charge in [0.05, 0.1) is 27.0 Å². The largest absolute Gasteiger partial charge is 0.349 e. The molecule has 0 radical (unpaired) electrons. The van der Waals surface area contributed by atoms with Crippen LogP contribution in [0.3, 0.4) is 0 Å². The molecular formula is C23H27N5O2S2. The van der Waals surface area contributed by atoms with E-state index in [1.807, 2.05) is 50.8 Å². The molecule has 0 bridgehead atoms. The van der Waals surface area contributed by atoms with Crippen molar-refractivity contribution >= 4 is 34.9 Å². The summed E-state index contributed by atoms with van der Waals surface area (Å²) in [5.41, 5.74) is 3.18. The number of thiazole rings is 1. The Bertz CT molecular complexity index is 1140. The van der Waals surface area contributed by atoms with Gasteiger partial charge in [-0.3, -0.25) is 14.3 Å². The molecule has 32 heavy (non-hydrogen) atoms. The second kappa shape index (κ2) is 9.46. The molecule has 1 fully saturated rings. The van der Waals surface area contributed by atoms with Crippen molar-refractivity contribution in [2.45, 2.75) is 39.1 Å². The van der Waals surface area contributed by atoms with Gasteiger partial charge in [0.25, 0.3) is 11.8 Å². The van der Waals surface area contributed by atoms with Crippen LogP contribution in [0, 0.1) is 13.8 Å². The van der Waals surface area contributed by atoms with Crippen molar-refractivity contribution in [3.63, 3.8) is 0 Å². The number of rotatable bonds is 6. The Labute approximate surface area is 196 Å². The third kappa shape index (κ3) is 4.73. The third-order valence-corrected chi connectivity index (χ3v) is 7.54. The highest BCUT2D eigenvalue weighted by atomic mass is 32.2. The molecule has 2 amide bonds. The van der Waals surface area contributed by atoms with E-state index >= 15 is 0 Å². The van der Waals surface area contributed by atoms with Crippen LogP contribution in [-0.4, -0.2) is 55.7 Å². The van der Waals surface area contributed by atoms with Crippen LogP contribution >= 0.6 is 23.1 Å². The van der Waals surface area contributed by atoms with E-state index in [-0.39, 0.29) is 23.2 Å². The molecule has 1 aliphatic rings. The minimum atomic E-state index is -0.179. The molecule has 3 aromatic rings. The molecule has 4 rings (SSSR count). The maximum absolute atomic E-state index is 13.5. The van der Waals surface area contributed by atoms with E-state index in [2.05, 4.69) is 21.5 Å². The first-order valence-electron chi connectivity index (χ1n) is 10.6. The number of nitrogens with zero attached hydrogens (tertiary/aromatic N) is 4. The lowest BCUT2D eigenvalue weighted by Crippen LogP contribution is -2.42. The highest BCUT2D eigenvalue weighted by Gasteiger charge is 2.33. The minimum Gasteiger partial charge on any atom is -0.349 e. The Morgan fingerprint density at radius 2 is 2.09 bits per heavy atom. The van der Waals surface area contributed by atoms with Gasteiger partial charge in [-0.2, -0.15) is 5.10 Å². The zero-order valence-electron chi connectivity index (χ0n) is 18.7. The van der Waals surface area contributed by atoms with Crippen molar-refractivity contribution in [2.24, 2.45) is 0 Å². The zero-order chi connectivity index (χ0) is 22.8. The third-order valence-electron chi connectivity index (χ3n) is 5.30. The second-order valence-electron chi connectivity index (χ2n) is 8.12. The number of nitrogens with one attached hydrogen (secondary N) is 1. The van der Waals surface area contributed by atoms with Crippen LogP contribution in [0.2, 0.25) is 0 Å². The van der Waals surface area contributed by atoms with Gasteiger partial charge in [0.1, 0.15) is 5.69 Å². The lowest BCUT2D eigenvalue weighted by Gasteiger charge is -2.23. The molecule has 0 saturated carbocycles. The number of aromatic nitrogens is 3. The summed E-state index contributed by atoms with van der Waals surface area (Å²) in [5.74, 6) is 0.574. The maximum Gasteiger partial charge on any atom is 0.274 e. The molecule has 7 nitrogen and oxygen atoms in total. The second-order valence-corrected chi connectivity index (χ2v) is 10.6. The number of hydrogen-bond donors (Lipinski definition) is 1. The number of aryl methyl sites for hydroxylation is 2. The van der Waals surface area contributed by atoms with Gasteiger partial charge in [0, 0.05) is 31.1 Å². The van der Waals surface area contributed by atoms with Gasteiger partial charge in [0.15, 0.2) is 0 Å². The van der Waals surface area contributed by atoms with Crippen molar-refractivity contribution < 1.29 is 9.59 Å². The zero-order valence-corrected chi connectivity index (χ0v) is 20.3. The summed E-state index contributed by atoms with van der Waals surface area (Å²) in [5, 5.41) is 7.93. The van der Waals surface area contributed by atoms with Crippen molar-refractivity contribution in [3.05, 3.63) is 58.5 Å². The fraction of sp³-hybridized carbons (Fsp3) is 0.391. The predicted octanol–water partition coefficient (Wildman–Crippen LogP) is 4.15. The van der Waals surface area contributed by atoms with E-state index in [4.69, 9.17) is 0 Å². The summed E-state index contributed by atoms with van der Waals surface area (Å²) in [4.78, 5) is 33.4. The molecule has 9 heteroatoms. The summed E-state index contributed by atoms with van der Waals surface area (Å²) >= 11 is 3.22. The van der Waals surface area contributed by atoms with Crippen LogP contribution in [0.4, 0.5) is 0 Å². The summed E-state index contributed by atoms with van der Waals surface area (Å²) in [6, 6.07) is 8.33. The molecule has 0 spiro atoms. The Morgan fingerprint density at radius 1 is 1.28 bits per heavy atom. The summed E-state index contributed by atoms with van der Waals surface area (Å²) in [6.45, 7) is 9.01. The molecule has 1 saturated heterocycles. The fourth-order valence-corrected chi connectivity index (χ4v) is 5.70. The van der Waals surface area contributed by atoms with Crippen LogP contribution in [0.5, 0.6) is 0 Å². The highest BCUT2D eigenvalue weighted by molar-refractivity contribution is 8.00.